The minimum absolute atomic E-state index is 0.0441. The lowest BCUT2D eigenvalue weighted by molar-refractivity contribution is 0.0851. The van der Waals surface area contributed by atoms with Crippen molar-refractivity contribution in [3.05, 3.63) is 35.7 Å². The third-order valence-electron chi connectivity index (χ3n) is 3.94. The molecule has 1 unspecified atom stereocenters. The fourth-order valence-electron chi connectivity index (χ4n) is 2.67. The number of carbonyl (C=O) groups excluding carboxylic acids is 1. The van der Waals surface area contributed by atoms with Crippen LogP contribution in [-0.4, -0.2) is 51.9 Å². The third kappa shape index (κ3) is 4.15. The Morgan fingerprint density at radius 3 is 2.84 bits per heavy atom. The van der Waals surface area contributed by atoms with Gasteiger partial charge in [0.05, 0.1) is 25.0 Å². The van der Waals surface area contributed by atoms with Gasteiger partial charge in [-0.15, -0.1) is 10.2 Å². The highest BCUT2D eigenvalue weighted by Gasteiger charge is 2.21. The Labute approximate surface area is 145 Å². The van der Waals surface area contributed by atoms with E-state index in [0.717, 1.165) is 25.2 Å². The van der Waals surface area contributed by atoms with E-state index in [9.17, 15) is 9.90 Å². The number of benzene rings is 1. The number of aliphatic hydroxyl groups is 1. The Bertz CT molecular complexity index is 708. The molecule has 8 nitrogen and oxygen atoms in total. The zero-order valence-electron chi connectivity index (χ0n) is 14.1. The Balaban J connectivity index is 1.72. The van der Waals surface area contributed by atoms with Crippen LogP contribution >= 0.6 is 0 Å². The Hall–Kier alpha value is -2.45. The van der Waals surface area contributed by atoms with Crippen LogP contribution in [0, 0.1) is 0 Å². The van der Waals surface area contributed by atoms with Crippen molar-refractivity contribution < 1.29 is 19.4 Å². The average Bonchev–Trinajstić information content (AvgIpc) is 3.30. The quantitative estimate of drug-likeness (QED) is 0.778. The van der Waals surface area contributed by atoms with Crippen molar-refractivity contribution in [2.75, 3.05) is 19.8 Å². The highest BCUT2D eigenvalue weighted by molar-refractivity contribution is 5.93. The normalized spacial score (nSPS) is 16.8. The van der Waals surface area contributed by atoms with Crippen LogP contribution in [0.15, 0.2) is 24.3 Å². The second kappa shape index (κ2) is 8.09. The van der Waals surface area contributed by atoms with Crippen molar-refractivity contribution in [2.24, 2.45) is 0 Å². The number of nitrogens with one attached hydrogen (secondary N) is 1. The average molecular weight is 346 g/mol. The van der Waals surface area contributed by atoms with Gasteiger partial charge in [-0.1, -0.05) is 0 Å². The molecule has 1 amide bonds. The summed E-state index contributed by atoms with van der Waals surface area (Å²) in [4.78, 5) is 13.7. The zero-order chi connectivity index (χ0) is 17.6. The Morgan fingerprint density at radius 1 is 1.40 bits per heavy atom. The summed E-state index contributed by atoms with van der Waals surface area (Å²) in [5, 5.41) is 20.7. The largest absolute Gasteiger partial charge is 0.494 e. The van der Waals surface area contributed by atoms with E-state index in [0.29, 0.717) is 18.8 Å². The van der Waals surface area contributed by atoms with Crippen LogP contribution < -0.4 is 10.1 Å². The molecule has 25 heavy (non-hydrogen) atoms. The molecule has 2 N–H and O–H groups in total. The van der Waals surface area contributed by atoms with Gasteiger partial charge in [-0.2, -0.15) is 4.80 Å². The summed E-state index contributed by atoms with van der Waals surface area (Å²) in [6.07, 6.45) is 1.99. The zero-order valence-corrected chi connectivity index (χ0v) is 14.1. The number of carbonyl (C=O) groups is 1. The monoisotopic (exact) mass is 346 g/mol. The molecule has 0 radical (unpaired) electrons. The van der Waals surface area contributed by atoms with Crippen molar-refractivity contribution in [3.8, 4) is 11.4 Å². The Kier molecular flexibility index (Phi) is 5.62. The first-order valence-electron chi connectivity index (χ1n) is 8.41. The first-order valence-corrected chi connectivity index (χ1v) is 8.41. The smallest absolute Gasteiger partial charge is 0.273 e. The molecule has 0 saturated carbocycles. The number of nitrogens with zero attached hydrogens (tertiary/aromatic N) is 3. The van der Waals surface area contributed by atoms with Crippen LogP contribution in [0.25, 0.3) is 5.69 Å². The lowest BCUT2D eigenvalue weighted by Crippen LogP contribution is -2.32. The van der Waals surface area contributed by atoms with Gasteiger partial charge >= 0.3 is 0 Å². The van der Waals surface area contributed by atoms with Crippen molar-refractivity contribution >= 4 is 5.91 Å². The molecule has 1 aliphatic heterocycles. The van der Waals surface area contributed by atoms with Crippen LogP contribution in [0.3, 0.4) is 0 Å². The molecule has 1 saturated heterocycles. The van der Waals surface area contributed by atoms with Gasteiger partial charge in [0.2, 0.25) is 0 Å². The number of aliphatic hydroxyl groups excluding tert-OH is 1. The van der Waals surface area contributed by atoms with Crippen LogP contribution in [0.4, 0.5) is 0 Å². The fourth-order valence-corrected chi connectivity index (χ4v) is 2.67. The second-order valence-corrected chi connectivity index (χ2v) is 5.71. The molecule has 0 spiro atoms. The molecular formula is C17H22N4O4. The predicted molar refractivity (Wildman–Crippen MR) is 89.8 cm³/mol. The molecule has 1 fully saturated rings. The van der Waals surface area contributed by atoms with E-state index in [-0.39, 0.29) is 30.0 Å². The van der Waals surface area contributed by atoms with E-state index in [4.69, 9.17) is 9.47 Å². The number of aromatic nitrogens is 3. The maximum Gasteiger partial charge on any atom is 0.273 e. The molecule has 2 heterocycles. The summed E-state index contributed by atoms with van der Waals surface area (Å²) < 4.78 is 10.9. The molecule has 1 aliphatic rings. The first-order chi connectivity index (χ1) is 12.2. The van der Waals surface area contributed by atoms with Gasteiger partial charge in [0, 0.05) is 13.2 Å². The maximum absolute atomic E-state index is 12.4. The summed E-state index contributed by atoms with van der Waals surface area (Å²) >= 11 is 0. The number of hydrogen-bond acceptors (Lipinski definition) is 6. The first kappa shape index (κ1) is 17.4. The molecule has 2 aromatic rings. The minimum atomic E-state index is -0.364. The predicted octanol–water partition coefficient (Wildman–Crippen LogP) is 1.07. The van der Waals surface area contributed by atoms with E-state index < -0.39 is 0 Å². The van der Waals surface area contributed by atoms with Crippen molar-refractivity contribution in [1.29, 1.82) is 0 Å². The van der Waals surface area contributed by atoms with Gasteiger partial charge in [-0.25, -0.2) is 0 Å². The van der Waals surface area contributed by atoms with E-state index in [1.807, 2.05) is 6.92 Å². The van der Waals surface area contributed by atoms with Crippen LogP contribution in [0.1, 0.15) is 35.9 Å². The van der Waals surface area contributed by atoms with Gasteiger partial charge in [-0.05, 0) is 44.0 Å². The van der Waals surface area contributed by atoms with Crippen molar-refractivity contribution in [1.82, 2.24) is 20.3 Å². The topological polar surface area (TPSA) is 98.5 Å². The van der Waals surface area contributed by atoms with E-state index in [2.05, 4.69) is 15.5 Å². The number of ether oxygens (including phenoxy) is 2. The Morgan fingerprint density at radius 2 is 2.20 bits per heavy atom. The van der Waals surface area contributed by atoms with E-state index in [1.165, 1.54) is 4.80 Å². The fraction of sp³-hybridized carbons (Fsp3) is 0.471. The van der Waals surface area contributed by atoms with Crippen molar-refractivity contribution in [2.45, 2.75) is 32.5 Å². The van der Waals surface area contributed by atoms with Crippen LogP contribution in [-0.2, 0) is 11.3 Å². The summed E-state index contributed by atoms with van der Waals surface area (Å²) in [7, 11) is 0. The molecule has 0 aliphatic carbocycles. The van der Waals surface area contributed by atoms with Gasteiger partial charge in [0.1, 0.15) is 11.4 Å². The molecular weight excluding hydrogens is 324 g/mol. The molecule has 1 atom stereocenters. The molecule has 8 heteroatoms. The molecule has 1 aromatic heterocycles. The van der Waals surface area contributed by atoms with Crippen LogP contribution in [0.2, 0.25) is 0 Å². The lowest BCUT2D eigenvalue weighted by atomic mass is 10.2. The summed E-state index contributed by atoms with van der Waals surface area (Å²) in [5.41, 5.74) is 1.03. The summed E-state index contributed by atoms with van der Waals surface area (Å²) in [6, 6.07) is 7.19. The van der Waals surface area contributed by atoms with E-state index in [1.54, 1.807) is 24.3 Å². The molecule has 134 valence electrons. The van der Waals surface area contributed by atoms with Gasteiger partial charge in [-0.3, -0.25) is 4.79 Å². The number of amides is 1. The number of rotatable bonds is 7. The number of hydrogen-bond donors (Lipinski definition) is 2. The molecule has 3 rings (SSSR count). The van der Waals surface area contributed by atoms with Gasteiger partial charge in [0.15, 0.2) is 5.69 Å². The SMILES string of the molecule is CCOc1ccc(-n2nc(CO)c(C(=O)NCC3CCCO3)n2)cc1. The minimum Gasteiger partial charge on any atom is -0.494 e. The second-order valence-electron chi connectivity index (χ2n) is 5.71. The van der Waals surface area contributed by atoms with Crippen LogP contribution in [0.5, 0.6) is 5.75 Å². The molecule has 1 aromatic carbocycles. The summed E-state index contributed by atoms with van der Waals surface area (Å²) in [6.45, 7) is 3.30. The maximum atomic E-state index is 12.4. The third-order valence-corrected chi connectivity index (χ3v) is 3.94. The van der Waals surface area contributed by atoms with E-state index >= 15 is 0 Å². The highest BCUT2D eigenvalue weighted by atomic mass is 16.5. The standard InChI is InChI=1S/C17H22N4O4/c1-2-24-13-7-5-12(6-8-13)21-19-15(11-22)16(20-21)17(23)18-10-14-4-3-9-25-14/h5-8,14,22H,2-4,9-11H2,1H3,(H,18,23). The summed E-state index contributed by atoms with van der Waals surface area (Å²) in [5.74, 6) is 0.382. The lowest BCUT2D eigenvalue weighted by Gasteiger charge is -2.09. The van der Waals surface area contributed by atoms with Crippen molar-refractivity contribution in [3.63, 3.8) is 0 Å². The molecule has 0 bridgehead atoms. The highest BCUT2D eigenvalue weighted by Crippen LogP contribution is 2.16. The van der Waals surface area contributed by atoms with Gasteiger partial charge in [0.25, 0.3) is 5.91 Å². The van der Waals surface area contributed by atoms with Gasteiger partial charge < -0.3 is 19.9 Å².